The van der Waals surface area contributed by atoms with Crippen LogP contribution >= 0.6 is 23.2 Å². The molecule has 2 rings (SSSR count). The quantitative estimate of drug-likeness (QED) is 0.904. The lowest BCUT2D eigenvalue weighted by Crippen LogP contribution is -2.15. The molecule has 0 atom stereocenters. The second-order valence-electron chi connectivity index (χ2n) is 4.16. The van der Waals surface area contributed by atoms with Crippen molar-refractivity contribution in [1.82, 2.24) is 4.98 Å². The fourth-order valence-electron chi connectivity index (χ4n) is 1.69. The van der Waals surface area contributed by atoms with Crippen molar-refractivity contribution in [2.75, 3.05) is 5.32 Å². The smallest absolute Gasteiger partial charge is 0.354 e. The highest BCUT2D eigenvalue weighted by molar-refractivity contribution is 6.36. The van der Waals surface area contributed by atoms with Crippen molar-refractivity contribution in [2.24, 2.45) is 0 Å². The predicted molar refractivity (Wildman–Crippen MR) is 80.0 cm³/mol. The summed E-state index contributed by atoms with van der Waals surface area (Å²) in [5.74, 6) is -1.52. The van der Waals surface area contributed by atoms with Crippen molar-refractivity contribution in [3.8, 4) is 0 Å². The van der Waals surface area contributed by atoms with E-state index in [-0.39, 0.29) is 18.0 Å². The standard InChI is InChI=1S/C14H10Cl2N2O3/c15-10-2-1-3-11(16)9(10)7-13(19)18-8-4-5-17-12(6-8)14(20)21/h1-6H,7H2,(H,20,21)(H,17,18,19). The summed E-state index contributed by atoms with van der Waals surface area (Å²) in [5, 5.41) is 12.2. The van der Waals surface area contributed by atoms with Gasteiger partial charge in [0.15, 0.2) is 0 Å². The zero-order valence-corrected chi connectivity index (χ0v) is 12.1. The summed E-state index contributed by atoms with van der Waals surface area (Å²) >= 11 is 12.0. The first-order chi connectivity index (χ1) is 9.97. The van der Waals surface area contributed by atoms with E-state index in [4.69, 9.17) is 28.3 Å². The molecule has 0 saturated heterocycles. The number of hydrogen-bond acceptors (Lipinski definition) is 3. The first-order valence-electron chi connectivity index (χ1n) is 5.89. The van der Waals surface area contributed by atoms with E-state index in [1.807, 2.05) is 0 Å². The maximum Gasteiger partial charge on any atom is 0.354 e. The lowest BCUT2D eigenvalue weighted by Gasteiger charge is -2.08. The molecule has 7 heteroatoms. The summed E-state index contributed by atoms with van der Waals surface area (Å²) in [6.45, 7) is 0. The van der Waals surface area contributed by atoms with Crippen molar-refractivity contribution in [1.29, 1.82) is 0 Å². The van der Waals surface area contributed by atoms with Gasteiger partial charge in [-0.3, -0.25) is 4.79 Å². The van der Waals surface area contributed by atoms with Gasteiger partial charge in [0.1, 0.15) is 5.69 Å². The van der Waals surface area contributed by atoms with Crippen LogP contribution in [0.15, 0.2) is 36.5 Å². The summed E-state index contributed by atoms with van der Waals surface area (Å²) in [4.78, 5) is 26.4. The number of aromatic nitrogens is 1. The Bertz CT molecular complexity index is 684. The molecule has 0 radical (unpaired) electrons. The molecule has 2 aromatic rings. The van der Waals surface area contributed by atoms with Crippen LogP contribution in [0.25, 0.3) is 0 Å². The van der Waals surface area contributed by atoms with Crippen LogP contribution in [0.4, 0.5) is 5.69 Å². The number of rotatable bonds is 4. The number of carbonyl (C=O) groups is 2. The molecule has 1 aromatic heterocycles. The first kappa shape index (κ1) is 15.3. The van der Waals surface area contributed by atoms with E-state index in [2.05, 4.69) is 10.3 Å². The fourth-order valence-corrected chi connectivity index (χ4v) is 2.22. The number of carboxylic acid groups (broad SMARTS) is 1. The topological polar surface area (TPSA) is 79.3 Å². The molecule has 0 saturated carbocycles. The van der Waals surface area contributed by atoms with Crippen molar-refractivity contribution >= 4 is 40.8 Å². The van der Waals surface area contributed by atoms with Crippen LogP contribution in [0.2, 0.25) is 10.0 Å². The number of carbonyl (C=O) groups excluding carboxylic acids is 1. The number of pyridine rings is 1. The molecule has 0 aliphatic heterocycles. The number of carboxylic acids is 1. The molecular weight excluding hydrogens is 315 g/mol. The van der Waals surface area contributed by atoms with Gasteiger partial charge < -0.3 is 10.4 Å². The van der Waals surface area contributed by atoms with Crippen LogP contribution in [0.1, 0.15) is 16.1 Å². The molecule has 0 bridgehead atoms. The highest BCUT2D eigenvalue weighted by atomic mass is 35.5. The minimum Gasteiger partial charge on any atom is -0.477 e. The second kappa shape index (κ2) is 6.56. The minimum absolute atomic E-state index is 0.0107. The monoisotopic (exact) mass is 324 g/mol. The molecule has 0 aliphatic rings. The molecule has 1 amide bonds. The average molecular weight is 325 g/mol. The lowest BCUT2D eigenvalue weighted by atomic mass is 10.1. The van der Waals surface area contributed by atoms with Gasteiger partial charge in [-0.05, 0) is 29.8 Å². The predicted octanol–water partition coefficient (Wildman–Crippen LogP) is 3.27. The Hall–Kier alpha value is -2.11. The fraction of sp³-hybridized carbons (Fsp3) is 0.0714. The molecular formula is C14H10Cl2N2O3. The normalized spacial score (nSPS) is 10.2. The van der Waals surface area contributed by atoms with E-state index in [1.54, 1.807) is 18.2 Å². The van der Waals surface area contributed by atoms with E-state index in [9.17, 15) is 9.59 Å². The Morgan fingerprint density at radius 1 is 1.19 bits per heavy atom. The Balaban J connectivity index is 2.12. The number of nitrogens with one attached hydrogen (secondary N) is 1. The summed E-state index contributed by atoms with van der Waals surface area (Å²) in [7, 11) is 0. The largest absolute Gasteiger partial charge is 0.477 e. The average Bonchev–Trinajstić information content (AvgIpc) is 2.43. The summed E-state index contributed by atoms with van der Waals surface area (Å²) in [6.07, 6.45) is 1.30. The van der Waals surface area contributed by atoms with Crippen LogP contribution < -0.4 is 5.32 Å². The van der Waals surface area contributed by atoms with Gasteiger partial charge in [0.05, 0.1) is 6.42 Å². The number of nitrogens with zero attached hydrogens (tertiary/aromatic N) is 1. The molecule has 1 aromatic carbocycles. The molecule has 0 unspecified atom stereocenters. The van der Waals surface area contributed by atoms with Crippen LogP contribution in [-0.4, -0.2) is 22.0 Å². The number of aromatic carboxylic acids is 1. The Kier molecular flexibility index (Phi) is 4.77. The zero-order valence-electron chi connectivity index (χ0n) is 10.6. The number of halogens is 2. The van der Waals surface area contributed by atoms with Crippen LogP contribution in [-0.2, 0) is 11.2 Å². The van der Waals surface area contributed by atoms with Gasteiger partial charge >= 0.3 is 5.97 Å². The Morgan fingerprint density at radius 3 is 2.48 bits per heavy atom. The molecule has 2 N–H and O–H groups in total. The van der Waals surface area contributed by atoms with Gasteiger partial charge in [-0.2, -0.15) is 0 Å². The van der Waals surface area contributed by atoms with Crippen molar-refractivity contribution in [3.63, 3.8) is 0 Å². The van der Waals surface area contributed by atoms with Gasteiger partial charge in [0, 0.05) is 21.9 Å². The lowest BCUT2D eigenvalue weighted by molar-refractivity contribution is -0.115. The van der Waals surface area contributed by atoms with Crippen molar-refractivity contribution in [2.45, 2.75) is 6.42 Å². The summed E-state index contributed by atoms with van der Waals surface area (Å²) in [5.41, 5.74) is 0.713. The number of benzene rings is 1. The van der Waals surface area contributed by atoms with E-state index >= 15 is 0 Å². The highest BCUT2D eigenvalue weighted by Gasteiger charge is 2.12. The Morgan fingerprint density at radius 2 is 1.86 bits per heavy atom. The molecule has 21 heavy (non-hydrogen) atoms. The van der Waals surface area contributed by atoms with Gasteiger partial charge in [-0.15, -0.1) is 0 Å². The SMILES string of the molecule is O=C(Cc1c(Cl)cccc1Cl)Nc1ccnc(C(=O)O)c1. The molecule has 0 spiro atoms. The zero-order chi connectivity index (χ0) is 15.4. The first-order valence-corrected chi connectivity index (χ1v) is 6.65. The van der Waals surface area contributed by atoms with E-state index in [1.165, 1.54) is 18.3 Å². The third-order valence-corrected chi connectivity index (χ3v) is 3.37. The van der Waals surface area contributed by atoms with Crippen molar-refractivity contribution in [3.05, 3.63) is 57.8 Å². The molecule has 5 nitrogen and oxygen atoms in total. The third kappa shape index (κ3) is 3.93. The molecule has 0 aliphatic carbocycles. The van der Waals surface area contributed by atoms with Gasteiger partial charge in [-0.1, -0.05) is 29.3 Å². The van der Waals surface area contributed by atoms with Crippen LogP contribution in [0.5, 0.6) is 0 Å². The number of anilines is 1. The van der Waals surface area contributed by atoms with E-state index in [0.717, 1.165) is 0 Å². The third-order valence-electron chi connectivity index (χ3n) is 2.66. The highest BCUT2D eigenvalue weighted by Crippen LogP contribution is 2.25. The maximum atomic E-state index is 12.0. The number of amides is 1. The maximum absolute atomic E-state index is 12.0. The van der Waals surface area contributed by atoms with E-state index < -0.39 is 5.97 Å². The minimum atomic E-state index is -1.17. The molecule has 1 heterocycles. The Labute approximate surface area is 130 Å². The molecule has 108 valence electrons. The molecule has 0 fully saturated rings. The van der Waals surface area contributed by atoms with Gasteiger partial charge in [0.2, 0.25) is 5.91 Å². The summed E-state index contributed by atoms with van der Waals surface area (Å²) in [6, 6.07) is 7.75. The summed E-state index contributed by atoms with van der Waals surface area (Å²) < 4.78 is 0. The van der Waals surface area contributed by atoms with Gasteiger partial charge in [0.25, 0.3) is 0 Å². The van der Waals surface area contributed by atoms with E-state index in [0.29, 0.717) is 21.3 Å². The van der Waals surface area contributed by atoms with Gasteiger partial charge in [-0.25, -0.2) is 9.78 Å². The second-order valence-corrected chi connectivity index (χ2v) is 4.97. The van der Waals surface area contributed by atoms with Crippen molar-refractivity contribution < 1.29 is 14.7 Å². The van der Waals surface area contributed by atoms with Crippen LogP contribution in [0, 0.1) is 0 Å². The van der Waals surface area contributed by atoms with Crippen LogP contribution in [0.3, 0.4) is 0 Å². The number of hydrogen-bond donors (Lipinski definition) is 2.